The Morgan fingerprint density at radius 2 is 1.82 bits per heavy atom. The van der Waals surface area contributed by atoms with Crippen molar-refractivity contribution in [2.24, 2.45) is 0 Å². The maximum absolute atomic E-state index is 13.5. The monoisotopic (exact) mass is 297 g/mol. The fraction of sp³-hybridized carbons (Fsp3) is 0.176. The van der Waals surface area contributed by atoms with Gasteiger partial charge in [0.25, 0.3) is 0 Å². The molecule has 0 saturated heterocycles. The number of imidazole rings is 1. The molecule has 110 valence electrons. The highest BCUT2D eigenvalue weighted by molar-refractivity contribution is 5.76. The predicted octanol–water partition coefficient (Wildman–Crippen LogP) is 3.82. The van der Waals surface area contributed by atoms with Crippen molar-refractivity contribution in [1.82, 2.24) is 9.55 Å². The van der Waals surface area contributed by atoms with Crippen molar-refractivity contribution in [3.63, 3.8) is 0 Å². The first-order chi connectivity index (χ1) is 10.7. The number of nitrogens with zero attached hydrogens (tertiary/aromatic N) is 3. The molecule has 0 fully saturated rings. The van der Waals surface area contributed by atoms with Gasteiger partial charge in [0, 0.05) is 25.1 Å². The number of benzene rings is 2. The van der Waals surface area contributed by atoms with Gasteiger partial charge in [-0.05, 0) is 5.56 Å². The van der Waals surface area contributed by atoms with Gasteiger partial charge >= 0.3 is 0 Å². The number of nitriles is 1. The van der Waals surface area contributed by atoms with Crippen molar-refractivity contribution in [2.45, 2.75) is 19.4 Å². The van der Waals surface area contributed by atoms with E-state index in [0.717, 1.165) is 17.7 Å². The predicted molar refractivity (Wildman–Crippen MR) is 79.1 cm³/mol. The second-order valence-corrected chi connectivity index (χ2v) is 5.01. The third kappa shape index (κ3) is 2.68. The van der Waals surface area contributed by atoms with Gasteiger partial charge in [0.2, 0.25) is 0 Å². The highest BCUT2D eigenvalue weighted by Crippen LogP contribution is 2.22. The second-order valence-electron chi connectivity index (χ2n) is 5.01. The topological polar surface area (TPSA) is 41.6 Å². The van der Waals surface area contributed by atoms with Crippen LogP contribution < -0.4 is 0 Å². The van der Waals surface area contributed by atoms with Crippen molar-refractivity contribution >= 4 is 11.0 Å². The minimum atomic E-state index is -0.913. The van der Waals surface area contributed by atoms with Crippen molar-refractivity contribution in [1.29, 1.82) is 5.26 Å². The molecule has 0 N–H and O–H groups in total. The van der Waals surface area contributed by atoms with E-state index in [1.807, 2.05) is 30.3 Å². The molecular formula is C17H13F2N3. The standard InChI is InChI=1S/C17H13F2N3/c18-13-10-15-16(11-14(13)19)22(8-4-7-20)17(21-15)9-12-5-2-1-3-6-12/h1-3,5-6,10-11H,4,8-9H2. The van der Waals surface area contributed by atoms with Gasteiger partial charge in [-0.2, -0.15) is 5.26 Å². The van der Waals surface area contributed by atoms with E-state index in [1.165, 1.54) is 0 Å². The largest absolute Gasteiger partial charge is 0.327 e. The van der Waals surface area contributed by atoms with Crippen LogP contribution in [0.25, 0.3) is 11.0 Å². The number of halogens is 2. The first-order valence-corrected chi connectivity index (χ1v) is 6.94. The van der Waals surface area contributed by atoms with E-state index in [2.05, 4.69) is 11.1 Å². The highest BCUT2D eigenvalue weighted by Gasteiger charge is 2.14. The lowest BCUT2D eigenvalue weighted by Crippen LogP contribution is -2.04. The van der Waals surface area contributed by atoms with Crippen LogP contribution in [-0.2, 0) is 13.0 Å². The zero-order valence-electron chi connectivity index (χ0n) is 11.8. The number of aromatic nitrogens is 2. The number of hydrogen-bond acceptors (Lipinski definition) is 2. The SMILES string of the molecule is N#CCCn1c(Cc2ccccc2)nc2cc(F)c(F)cc21. The molecule has 0 atom stereocenters. The third-order valence-corrected chi connectivity index (χ3v) is 3.52. The van der Waals surface area contributed by atoms with Crippen LogP contribution in [0.3, 0.4) is 0 Å². The molecule has 5 heteroatoms. The Hall–Kier alpha value is -2.74. The maximum Gasteiger partial charge on any atom is 0.161 e. The van der Waals surface area contributed by atoms with Crippen LogP contribution >= 0.6 is 0 Å². The van der Waals surface area contributed by atoms with Crippen LogP contribution in [0, 0.1) is 23.0 Å². The minimum Gasteiger partial charge on any atom is -0.327 e. The summed E-state index contributed by atoms with van der Waals surface area (Å²) in [7, 11) is 0. The lowest BCUT2D eigenvalue weighted by molar-refractivity contribution is 0.510. The lowest BCUT2D eigenvalue weighted by atomic mass is 10.1. The molecule has 0 aliphatic heterocycles. The Morgan fingerprint density at radius 1 is 1.09 bits per heavy atom. The van der Waals surface area contributed by atoms with E-state index in [9.17, 15) is 8.78 Å². The smallest absolute Gasteiger partial charge is 0.161 e. The molecule has 3 nitrogen and oxygen atoms in total. The fourth-order valence-corrected chi connectivity index (χ4v) is 2.49. The second kappa shape index (κ2) is 5.94. The molecule has 1 aromatic heterocycles. The van der Waals surface area contributed by atoms with Crippen molar-refractivity contribution < 1.29 is 8.78 Å². The Labute approximate surface area is 126 Å². The molecule has 0 aliphatic rings. The van der Waals surface area contributed by atoms with Crippen molar-refractivity contribution in [3.05, 3.63) is 65.5 Å². The Kier molecular flexibility index (Phi) is 3.84. The molecule has 0 saturated carbocycles. The molecule has 2 aromatic carbocycles. The zero-order valence-corrected chi connectivity index (χ0v) is 11.8. The quantitative estimate of drug-likeness (QED) is 0.734. The molecule has 3 rings (SSSR count). The van der Waals surface area contributed by atoms with Crippen LogP contribution in [0.2, 0.25) is 0 Å². The number of fused-ring (bicyclic) bond motifs is 1. The molecule has 0 spiro atoms. The van der Waals surface area contributed by atoms with Crippen LogP contribution in [0.4, 0.5) is 8.78 Å². The third-order valence-electron chi connectivity index (χ3n) is 3.52. The molecule has 3 aromatic rings. The Balaban J connectivity index is 2.09. The maximum atomic E-state index is 13.5. The first kappa shape index (κ1) is 14.2. The summed E-state index contributed by atoms with van der Waals surface area (Å²) in [6.07, 6.45) is 0.830. The van der Waals surface area contributed by atoms with Crippen molar-refractivity contribution in [3.8, 4) is 6.07 Å². The van der Waals surface area contributed by atoms with Gasteiger partial charge in [-0.1, -0.05) is 30.3 Å². The van der Waals surface area contributed by atoms with E-state index in [1.54, 1.807) is 4.57 Å². The summed E-state index contributed by atoms with van der Waals surface area (Å²) in [6.45, 7) is 0.403. The molecular weight excluding hydrogens is 284 g/mol. The molecule has 0 aliphatic carbocycles. The Bertz CT molecular complexity index is 848. The summed E-state index contributed by atoms with van der Waals surface area (Å²) in [5.41, 5.74) is 1.97. The average Bonchev–Trinajstić information content (AvgIpc) is 2.83. The number of rotatable bonds is 4. The van der Waals surface area contributed by atoms with Gasteiger partial charge < -0.3 is 4.57 Å². The van der Waals surface area contributed by atoms with E-state index in [-0.39, 0.29) is 6.42 Å². The normalized spacial score (nSPS) is 10.8. The lowest BCUT2D eigenvalue weighted by Gasteiger charge is -2.07. The van der Waals surface area contributed by atoms with Gasteiger partial charge in [-0.15, -0.1) is 0 Å². The van der Waals surface area contributed by atoms with E-state index < -0.39 is 11.6 Å². The number of hydrogen-bond donors (Lipinski definition) is 0. The fourth-order valence-electron chi connectivity index (χ4n) is 2.49. The van der Waals surface area contributed by atoms with Crippen LogP contribution in [0.15, 0.2) is 42.5 Å². The van der Waals surface area contributed by atoms with Gasteiger partial charge in [-0.25, -0.2) is 13.8 Å². The minimum absolute atomic E-state index is 0.284. The van der Waals surface area contributed by atoms with Crippen molar-refractivity contribution in [2.75, 3.05) is 0 Å². The zero-order chi connectivity index (χ0) is 15.5. The Morgan fingerprint density at radius 3 is 2.55 bits per heavy atom. The summed E-state index contributed by atoms with van der Waals surface area (Å²) in [5.74, 6) is -1.12. The van der Waals surface area contributed by atoms with Crippen LogP contribution in [-0.4, -0.2) is 9.55 Å². The molecule has 0 bridgehead atoms. The van der Waals surface area contributed by atoms with Gasteiger partial charge in [0.15, 0.2) is 11.6 Å². The molecule has 1 heterocycles. The molecule has 0 radical (unpaired) electrons. The van der Waals surface area contributed by atoms with Crippen LogP contribution in [0.1, 0.15) is 17.8 Å². The van der Waals surface area contributed by atoms with E-state index in [4.69, 9.17) is 5.26 Å². The van der Waals surface area contributed by atoms with Gasteiger partial charge in [0.1, 0.15) is 5.82 Å². The molecule has 22 heavy (non-hydrogen) atoms. The molecule has 0 amide bonds. The average molecular weight is 297 g/mol. The summed E-state index contributed by atoms with van der Waals surface area (Å²) in [4.78, 5) is 4.41. The van der Waals surface area contributed by atoms with Gasteiger partial charge in [-0.3, -0.25) is 0 Å². The summed E-state index contributed by atoms with van der Waals surface area (Å²) in [5, 5.41) is 8.80. The van der Waals surface area contributed by atoms with Crippen LogP contribution in [0.5, 0.6) is 0 Å². The van der Waals surface area contributed by atoms with Gasteiger partial charge in [0.05, 0.1) is 23.5 Å². The summed E-state index contributed by atoms with van der Waals surface area (Å²) < 4.78 is 28.7. The van der Waals surface area contributed by atoms with E-state index in [0.29, 0.717) is 29.8 Å². The highest BCUT2D eigenvalue weighted by atomic mass is 19.2. The summed E-state index contributed by atoms with van der Waals surface area (Å²) in [6, 6.07) is 14.0. The number of aryl methyl sites for hydroxylation is 1. The van der Waals surface area contributed by atoms with E-state index >= 15 is 0 Å². The molecule has 0 unspecified atom stereocenters. The summed E-state index contributed by atoms with van der Waals surface area (Å²) >= 11 is 0. The first-order valence-electron chi connectivity index (χ1n) is 6.94.